The predicted molar refractivity (Wildman–Crippen MR) is 81.7 cm³/mol. The van der Waals surface area contributed by atoms with Gasteiger partial charge < -0.3 is 10.1 Å². The second-order valence-corrected chi connectivity index (χ2v) is 5.75. The number of nitrogens with one attached hydrogen (secondary N) is 1. The maximum Gasteiger partial charge on any atom is 0.242 e. The van der Waals surface area contributed by atoms with Crippen molar-refractivity contribution in [3.05, 3.63) is 47.7 Å². The molecule has 21 heavy (non-hydrogen) atoms. The molecule has 1 N–H and O–H groups in total. The first-order chi connectivity index (χ1) is 10.3. The Labute approximate surface area is 125 Å². The van der Waals surface area contributed by atoms with Crippen molar-refractivity contribution in [2.45, 2.75) is 31.9 Å². The Balaban J connectivity index is 1.81. The molecule has 1 aromatic carbocycles. The summed E-state index contributed by atoms with van der Waals surface area (Å²) < 4.78 is 5.68. The van der Waals surface area contributed by atoms with Crippen molar-refractivity contribution >= 4 is 5.91 Å². The van der Waals surface area contributed by atoms with E-state index in [-0.39, 0.29) is 18.1 Å². The largest absolute Gasteiger partial charge is 0.497 e. The Hall–Kier alpha value is -1.81. The van der Waals surface area contributed by atoms with Crippen LogP contribution in [0.5, 0.6) is 0 Å². The number of nitrogens with zero attached hydrogens (tertiary/aromatic N) is 1. The molecule has 2 aliphatic rings. The van der Waals surface area contributed by atoms with Crippen LogP contribution in [0.4, 0.5) is 0 Å². The van der Waals surface area contributed by atoms with Crippen molar-refractivity contribution in [1.82, 2.24) is 10.2 Å². The molecule has 2 unspecified atom stereocenters. The number of allylic oxidation sites excluding steroid dienone is 1. The lowest BCUT2D eigenvalue weighted by Gasteiger charge is -2.38. The number of aryl methyl sites for hydroxylation is 1. The monoisotopic (exact) mass is 286 g/mol. The SMILES string of the molecule is Cc1ccccc1C1C(=O)NCCN1CC1CCC=CO1. The molecule has 4 heteroatoms. The van der Waals surface area contributed by atoms with Gasteiger partial charge in [-0.2, -0.15) is 0 Å². The van der Waals surface area contributed by atoms with Crippen molar-refractivity contribution < 1.29 is 9.53 Å². The van der Waals surface area contributed by atoms with Crippen LogP contribution >= 0.6 is 0 Å². The number of ether oxygens (including phenoxy) is 1. The third-order valence-corrected chi connectivity index (χ3v) is 4.26. The van der Waals surface area contributed by atoms with Crippen LogP contribution in [0.2, 0.25) is 0 Å². The molecule has 4 nitrogen and oxygen atoms in total. The van der Waals surface area contributed by atoms with Gasteiger partial charge in [-0.25, -0.2) is 0 Å². The quantitative estimate of drug-likeness (QED) is 0.926. The maximum absolute atomic E-state index is 12.4. The number of hydrogen-bond donors (Lipinski definition) is 1. The summed E-state index contributed by atoms with van der Waals surface area (Å²) in [7, 11) is 0. The summed E-state index contributed by atoms with van der Waals surface area (Å²) in [6, 6.07) is 7.94. The summed E-state index contributed by atoms with van der Waals surface area (Å²) in [6.07, 6.45) is 6.11. The second kappa shape index (κ2) is 6.31. The Morgan fingerprint density at radius 1 is 1.38 bits per heavy atom. The zero-order valence-electron chi connectivity index (χ0n) is 12.4. The second-order valence-electron chi connectivity index (χ2n) is 5.75. The highest BCUT2D eigenvalue weighted by Crippen LogP contribution is 2.27. The summed E-state index contributed by atoms with van der Waals surface area (Å²) >= 11 is 0. The number of benzene rings is 1. The first kappa shape index (κ1) is 14.1. The Bertz CT molecular complexity index is 541. The lowest BCUT2D eigenvalue weighted by molar-refractivity contribution is -0.130. The number of carbonyl (C=O) groups excluding carboxylic acids is 1. The van der Waals surface area contributed by atoms with Gasteiger partial charge in [-0.15, -0.1) is 0 Å². The topological polar surface area (TPSA) is 41.6 Å². The van der Waals surface area contributed by atoms with Crippen LogP contribution in [-0.4, -0.2) is 36.5 Å². The van der Waals surface area contributed by atoms with E-state index in [4.69, 9.17) is 4.74 Å². The van der Waals surface area contributed by atoms with Crippen LogP contribution in [0.25, 0.3) is 0 Å². The van der Waals surface area contributed by atoms with E-state index < -0.39 is 0 Å². The maximum atomic E-state index is 12.4. The molecular weight excluding hydrogens is 264 g/mol. The molecule has 1 fully saturated rings. The molecule has 2 heterocycles. The number of rotatable bonds is 3. The zero-order valence-corrected chi connectivity index (χ0v) is 12.4. The highest BCUT2D eigenvalue weighted by Gasteiger charge is 2.33. The third kappa shape index (κ3) is 3.10. The van der Waals surface area contributed by atoms with E-state index in [1.165, 1.54) is 0 Å². The number of hydrogen-bond acceptors (Lipinski definition) is 3. The van der Waals surface area contributed by atoms with Crippen LogP contribution in [0.1, 0.15) is 30.0 Å². The van der Waals surface area contributed by atoms with Gasteiger partial charge in [-0.05, 0) is 37.0 Å². The molecular formula is C17H22N2O2. The number of carbonyl (C=O) groups is 1. The van der Waals surface area contributed by atoms with E-state index in [0.717, 1.165) is 37.1 Å². The molecule has 0 radical (unpaired) electrons. The smallest absolute Gasteiger partial charge is 0.242 e. The van der Waals surface area contributed by atoms with Gasteiger partial charge in [0.15, 0.2) is 0 Å². The van der Waals surface area contributed by atoms with Crippen molar-refractivity contribution in [1.29, 1.82) is 0 Å². The highest BCUT2D eigenvalue weighted by molar-refractivity contribution is 5.84. The standard InChI is InChI=1S/C17H22N2O2/c1-13-6-2-3-8-15(13)16-17(20)18-9-10-19(16)12-14-7-4-5-11-21-14/h2-3,5-6,8,11,14,16H,4,7,9-10,12H2,1H3,(H,18,20). The van der Waals surface area contributed by atoms with Gasteiger partial charge >= 0.3 is 0 Å². The Morgan fingerprint density at radius 3 is 3.00 bits per heavy atom. The fourth-order valence-corrected chi connectivity index (χ4v) is 3.12. The summed E-state index contributed by atoms with van der Waals surface area (Å²) in [5.41, 5.74) is 2.26. The van der Waals surface area contributed by atoms with Gasteiger partial charge in [0, 0.05) is 19.6 Å². The number of piperazine rings is 1. The van der Waals surface area contributed by atoms with Gasteiger partial charge in [0.05, 0.1) is 6.26 Å². The highest BCUT2D eigenvalue weighted by atomic mass is 16.5. The summed E-state index contributed by atoms with van der Waals surface area (Å²) in [6.45, 7) is 4.45. The first-order valence-corrected chi connectivity index (χ1v) is 7.63. The minimum absolute atomic E-state index is 0.0990. The molecule has 1 saturated heterocycles. The molecule has 1 amide bonds. The lowest BCUT2D eigenvalue weighted by atomic mass is 9.97. The van der Waals surface area contributed by atoms with E-state index in [1.54, 1.807) is 6.26 Å². The molecule has 3 rings (SSSR count). The Morgan fingerprint density at radius 2 is 2.24 bits per heavy atom. The third-order valence-electron chi connectivity index (χ3n) is 4.26. The van der Waals surface area contributed by atoms with Gasteiger partial charge in [0.2, 0.25) is 5.91 Å². The van der Waals surface area contributed by atoms with Crippen LogP contribution in [-0.2, 0) is 9.53 Å². The Kier molecular flexibility index (Phi) is 4.25. The molecule has 0 saturated carbocycles. The van der Waals surface area contributed by atoms with E-state index in [9.17, 15) is 4.79 Å². The van der Waals surface area contributed by atoms with Crippen LogP contribution < -0.4 is 5.32 Å². The minimum Gasteiger partial charge on any atom is -0.497 e. The summed E-state index contributed by atoms with van der Waals surface area (Å²) in [5.74, 6) is 0.0990. The summed E-state index contributed by atoms with van der Waals surface area (Å²) in [4.78, 5) is 14.6. The van der Waals surface area contributed by atoms with Crippen molar-refractivity contribution in [2.75, 3.05) is 19.6 Å². The summed E-state index contributed by atoms with van der Waals surface area (Å²) in [5, 5.41) is 2.99. The molecule has 0 aromatic heterocycles. The average Bonchev–Trinajstić information content (AvgIpc) is 2.50. The fourth-order valence-electron chi connectivity index (χ4n) is 3.12. The first-order valence-electron chi connectivity index (χ1n) is 7.63. The molecule has 2 atom stereocenters. The molecule has 2 aliphatic heterocycles. The van der Waals surface area contributed by atoms with Gasteiger partial charge in [0.1, 0.15) is 12.1 Å². The van der Waals surface area contributed by atoms with E-state index in [0.29, 0.717) is 6.54 Å². The minimum atomic E-state index is -0.200. The number of amides is 1. The molecule has 0 spiro atoms. The van der Waals surface area contributed by atoms with Gasteiger partial charge in [0.25, 0.3) is 0 Å². The molecule has 0 bridgehead atoms. The van der Waals surface area contributed by atoms with Crippen LogP contribution in [0.15, 0.2) is 36.6 Å². The van der Waals surface area contributed by atoms with Gasteiger partial charge in [-0.1, -0.05) is 24.3 Å². The van der Waals surface area contributed by atoms with Crippen molar-refractivity contribution in [2.24, 2.45) is 0 Å². The van der Waals surface area contributed by atoms with Crippen molar-refractivity contribution in [3.63, 3.8) is 0 Å². The van der Waals surface area contributed by atoms with Gasteiger partial charge in [-0.3, -0.25) is 9.69 Å². The molecule has 112 valence electrons. The lowest BCUT2D eigenvalue weighted by Crippen LogP contribution is -2.52. The van der Waals surface area contributed by atoms with E-state index in [1.807, 2.05) is 12.1 Å². The predicted octanol–water partition coefficient (Wildman–Crippen LogP) is 2.16. The van der Waals surface area contributed by atoms with E-state index >= 15 is 0 Å². The molecule has 0 aliphatic carbocycles. The zero-order chi connectivity index (χ0) is 14.7. The average molecular weight is 286 g/mol. The molecule has 1 aromatic rings. The van der Waals surface area contributed by atoms with Crippen LogP contribution in [0, 0.1) is 6.92 Å². The fraction of sp³-hybridized carbons (Fsp3) is 0.471. The van der Waals surface area contributed by atoms with E-state index in [2.05, 4.69) is 35.3 Å². The van der Waals surface area contributed by atoms with Crippen molar-refractivity contribution in [3.8, 4) is 0 Å². The normalized spacial score (nSPS) is 26.2. The van der Waals surface area contributed by atoms with Crippen LogP contribution in [0.3, 0.4) is 0 Å².